The van der Waals surface area contributed by atoms with E-state index in [0.717, 1.165) is 6.42 Å². The molecule has 1 aliphatic rings. The summed E-state index contributed by atoms with van der Waals surface area (Å²) in [6.07, 6.45) is 4.50. The zero-order valence-corrected chi connectivity index (χ0v) is 8.21. The van der Waals surface area contributed by atoms with Crippen LogP contribution in [-0.2, 0) is 0 Å². The molecule has 0 aromatic rings. The van der Waals surface area contributed by atoms with E-state index >= 15 is 0 Å². The van der Waals surface area contributed by atoms with Gasteiger partial charge in [0.2, 0.25) is 0 Å². The predicted octanol–water partition coefficient (Wildman–Crippen LogP) is 1.52. The van der Waals surface area contributed by atoms with E-state index < -0.39 is 5.60 Å². The summed E-state index contributed by atoms with van der Waals surface area (Å²) >= 11 is 0. The Kier molecular flexibility index (Phi) is 3.13. The third-order valence-electron chi connectivity index (χ3n) is 3.59. The van der Waals surface area contributed by atoms with Gasteiger partial charge in [-0.1, -0.05) is 20.3 Å². The minimum Gasteiger partial charge on any atom is -0.389 e. The Morgan fingerprint density at radius 3 is 2.42 bits per heavy atom. The molecule has 0 bridgehead atoms. The molecule has 2 atom stereocenters. The van der Waals surface area contributed by atoms with E-state index in [0.29, 0.717) is 12.5 Å². The monoisotopic (exact) mass is 171 g/mol. The third-order valence-corrected chi connectivity index (χ3v) is 3.59. The van der Waals surface area contributed by atoms with Crippen molar-refractivity contribution < 1.29 is 5.11 Å². The van der Waals surface area contributed by atoms with Crippen LogP contribution in [0.1, 0.15) is 39.5 Å². The van der Waals surface area contributed by atoms with Crippen LogP contribution in [0.4, 0.5) is 0 Å². The SMILES string of the molecule is CCC(O)(C(C)CN)C1CCC1. The largest absolute Gasteiger partial charge is 0.389 e. The molecular weight excluding hydrogens is 150 g/mol. The normalized spacial score (nSPS) is 26.0. The fourth-order valence-electron chi connectivity index (χ4n) is 2.15. The first-order valence-corrected chi connectivity index (χ1v) is 5.07. The second-order valence-corrected chi connectivity index (χ2v) is 4.11. The standard InChI is InChI=1S/C10H21NO/c1-3-10(12,8(2)7-11)9-5-4-6-9/h8-9,12H,3-7,11H2,1-2H3. The fraction of sp³-hybridized carbons (Fsp3) is 1.00. The highest BCUT2D eigenvalue weighted by molar-refractivity contribution is 4.93. The molecule has 0 aromatic carbocycles. The molecule has 0 aliphatic heterocycles. The molecule has 0 aromatic heterocycles. The van der Waals surface area contributed by atoms with E-state index in [9.17, 15) is 5.11 Å². The van der Waals surface area contributed by atoms with Crippen molar-refractivity contribution in [1.29, 1.82) is 0 Å². The summed E-state index contributed by atoms with van der Waals surface area (Å²) in [5, 5.41) is 10.3. The van der Waals surface area contributed by atoms with Crippen LogP contribution in [0, 0.1) is 11.8 Å². The lowest BCUT2D eigenvalue weighted by Crippen LogP contribution is -2.48. The molecule has 3 N–H and O–H groups in total. The van der Waals surface area contributed by atoms with Crippen molar-refractivity contribution in [1.82, 2.24) is 0 Å². The Morgan fingerprint density at radius 2 is 2.17 bits per heavy atom. The highest BCUT2D eigenvalue weighted by atomic mass is 16.3. The van der Waals surface area contributed by atoms with Gasteiger partial charge in [-0.05, 0) is 37.6 Å². The maximum Gasteiger partial charge on any atom is 0.0710 e. The molecule has 12 heavy (non-hydrogen) atoms. The number of hydrogen-bond acceptors (Lipinski definition) is 2. The van der Waals surface area contributed by atoms with E-state index in [1.165, 1.54) is 19.3 Å². The minimum absolute atomic E-state index is 0.243. The van der Waals surface area contributed by atoms with Crippen molar-refractivity contribution in [2.24, 2.45) is 17.6 Å². The smallest absolute Gasteiger partial charge is 0.0710 e. The summed E-state index contributed by atoms with van der Waals surface area (Å²) in [5.74, 6) is 0.758. The lowest BCUT2D eigenvalue weighted by atomic mass is 9.66. The van der Waals surface area contributed by atoms with Crippen LogP contribution in [0.3, 0.4) is 0 Å². The summed E-state index contributed by atoms with van der Waals surface area (Å²) in [6.45, 7) is 4.72. The Labute approximate surface area is 75.2 Å². The van der Waals surface area contributed by atoms with Crippen molar-refractivity contribution in [2.45, 2.75) is 45.1 Å². The highest BCUT2D eigenvalue weighted by Crippen LogP contribution is 2.41. The topological polar surface area (TPSA) is 46.2 Å². The van der Waals surface area contributed by atoms with E-state index in [1.54, 1.807) is 0 Å². The van der Waals surface area contributed by atoms with Gasteiger partial charge in [0.05, 0.1) is 5.60 Å². The average Bonchev–Trinajstić information content (AvgIpc) is 1.99. The van der Waals surface area contributed by atoms with Gasteiger partial charge in [-0.3, -0.25) is 0 Å². The molecule has 72 valence electrons. The number of rotatable bonds is 4. The minimum atomic E-state index is -0.479. The fourth-order valence-corrected chi connectivity index (χ4v) is 2.15. The summed E-state index contributed by atoms with van der Waals surface area (Å²) in [4.78, 5) is 0. The predicted molar refractivity (Wildman–Crippen MR) is 50.8 cm³/mol. The zero-order chi connectivity index (χ0) is 9.19. The van der Waals surface area contributed by atoms with Crippen LogP contribution in [0.25, 0.3) is 0 Å². The van der Waals surface area contributed by atoms with E-state index in [4.69, 9.17) is 5.73 Å². The molecule has 1 aliphatic carbocycles. The van der Waals surface area contributed by atoms with Gasteiger partial charge in [-0.2, -0.15) is 0 Å². The maximum absolute atomic E-state index is 10.3. The quantitative estimate of drug-likeness (QED) is 0.673. The summed E-state index contributed by atoms with van der Waals surface area (Å²) < 4.78 is 0. The van der Waals surface area contributed by atoms with Crippen molar-refractivity contribution in [2.75, 3.05) is 6.54 Å². The molecule has 2 heteroatoms. The molecule has 1 saturated carbocycles. The second-order valence-electron chi connectivity index (χ2n) is 4.11. The van der Waals surface area contributed by atoms with Gasteiger partial charge in [0.15, 0.2) is 0 Å². The van der Waals surface area contributed by atoms with Crippen molar-refractivity contribution in [3.8, 4) is 0 Å². The zero-order valence-electron chi connectivity index (χ0n) is 8.21. The summed E-state index contributed by atoms with van der Waals surface area (Å²) in [5.41, 5.74) is 5.11. The summed E-state index contributed by atoms with van der Waals surface area (Å²) in [6, 6.07) is 0. The van der Waals surface area contributed by atoms with E-state index in [1.807, 2.05) is 0 Å². The van der Waals surface area contributed by atoms with Gasteiger partial charge < -0.3 is 10.8 Å². The first-order chi connectivity index (χ1) is 5.65. The van der Waals surface area contributed by atoms with E-state index in [2.05, 4.69) is 13.8 Å². The Morgan fingerprint density at radius 1 is 1.58 bits per heavy atom. The lowest BCUT2D eigenvalue weighted by molar-refractivity contribution is -0.0909. The van der Waals surface area contributed by atoms with Gasteiger partial charge in [-0.15, -0.1) is 0 Å². The molecule has 0 saturated heterocycles. The molecule has 0 amide bonds. The first kappa shape index (κ1) is 10.0. The molecule has 1 fully saturated rings. The van der Waals surface area contributed by atoms with Crippen molar-refractivity contribution >= 4 is 0 Å². The lowest BCUT2D eigenvalue weighted by Gasteiger charge is -2.44. The van der Waals surface area contributed by atoms with Gasteiger partial charge >= 0.3 is 0 Å². The van der Waals surface area contributed by atoms with Crippen LogP contribution < -0.4 is 5.73 Å². The summed E-state index contributed by atoms with van der Waals surface area (Å²) in [7, 11) is 0. The Bertz CT molecular complexity index is 138. The number of hydrogen-bond donors (Lipinski definition) is 2. The Balaban J connectivity index is 2.59. The molecule has 2 unspecified atom stereocenters. The molecule has 0 spiro atoms. The highest BCUT2D eigenvalue weighted by Gasteiger charge is 2.42. The molecule has 1 rings (SSSR count). The van der Waals surface area contributed by atoms with Crippen LogP contribution in [0.5, 0.6) is 0 Å². The van der Waals surface area contributed by atoms with Gasteiger partial charge in [0.1, 0.15) is 0 Å². The Hall–Kier alpha value is -0.0800. The van der Waals surface area contributed by atoms with Crippen LogP contribution in [0.2, 0.25) is 0 Å². The number of aliphatic hydroxyl groups is 1. The third kappa shape index (κ3) is 1.50. The van der Waals surface area contributed by atoms with Crippen molar-refractivity contribution in [3.63, 3.8) is 0 Å². The average molecular weight is 171 g/mol. The van der Waals surface area contributed by atoms with Gasteiger partial charge in [0.25, 0.3) is 0 Å². The molecular formula is C10H21NO. The first-order valence-electron chi connectivity index (χ1n) is 5.07. The van der Waals surface area contributed by atoms with Gasteiger partial charge in [-0.25, -0.2) is 0 Å². The molecule has 2 nitrogen and oxygen atoms in total. The van der Waals surface area contributed by atoms with Crippen LogP contribution in [0.15, 0.2) is 0 Å². The van der Waals surface area contributed by atoms with Gasteiger partial charge in [0, 0.05) is 0 Å². The van der Waals surface area contributed by atoms with Crippen LogP contribution >= 0.6 is 0 Å². The molecule has 0 heterocycles. The number of nitrogens with two attached hydrogens (primary N) is 1. The maximum atomic E-state index is 10.3. The second kappa shape index (κ2) is 3.75. The van der Waals surface area contributed by atoms with E-state index in [-0.39, 0.29) is 5.92 Å². The molecule has 0 radical (unpaired) electrons. The van der Waals surface area contributed by atoms with Crippen LogP contribution in [-0.4, -0.2) is 17.3 Å². The van der Waals surface area contributed by atoms with Crippen molar-refractivity contribution in [3.05, 3.63) is 0 Å².